The zero-order chi connectivity index (χ0) is 29.0. The zero-order valence-corrected chi connectivity index (χ0v) is 26.2. The Hall–Kier alpha value is -2.77. The molecule has 3 aliphatic heterocycles. The van der Waals surface area contributed by atoms with Crippen LogP contribution in [-0.2, 0) is 15.1 Å². The third kappa shape index (κ3) is 4.65. The summed E-state index contributed by atoms with van der Waals surface area (Å²) in [6, 6.07) is 8.40. The van der Waals surface area contributed by atoms with Crippen molar-refractivity contribution in [2.24, 2.45) is 0 Å². The zero-order valence-electron chi connectivity index (χ0n) is 24.4. The molecule has 2 N–H and O–H groups in total. The van der Waals surface area contributed by atoms with Gasteiger partial charge in [0.25, 0.3) is 6.47 Å². The van der Waals surface area contributed by atoms with Gasteiger partial charge in [-0.1, -0.05) is 23.8 Å². The first-order valence-corrected chi connectivity index (χ1v) is 15.1. The molecule has 0 spiro atoms. The van der Waals surface area contributed by atoms with Gasteiger partial charge in [0.15, 0.2) is 5.60 Å². The second-order valence-electron chi connectivity index (χ2n) is 12.5. The number of fused-ring (bicyclic) bond motifs is 4. The summed E-state index contributed by atoms with van der Waals surface area (Å²) in [5.41, 5.74) is 7.32. The minimum Gasteiger partial charge on any atom is -0.456 e. The number of hydrogen-bond donors (Lipinski definition) is 4. The maximum Gasteiger partial charge on any atom is 0.294 e. The molecule has 2 atom stereocenters. The van der Waals surface area contributed by atoms with Crippen LogP contribution in [0.1, 0.15) is 83.1 Å². The molecule has 212 valence electrons. The fraction of sp³-hybridized carbons (Fsp3) is 0.424. The average molecular weight is 577 g/mol. The van der Waals surface area contributed by atoms with Crippen LogP contribution >= 0.6 is 25.3 Å². The van der Waals surface area contributed by atoms with E-state index in [1.54, 1.807) is 0 Å². The minimum absolute atomic E-state index is 0.0855. The summed E-state index contributed by atoms with van der Waals surface area (Å²) in [5, 5.41) is 7.34. The van der Waals surface area contributed by atoms with Gasteiger partial charge in [-0.25, -0.2) is 0 Å². The van der Waals surface area contributed by atoms with Crippen LogP contribution in [0.5, 0.6) is 11.5 Å². The molecule has 2 unspecified atom stereocenters. The van der Waals surface area contributed by atoms with E-state index in [9.17, 15) is 4.79 Å². The molecule has 7 heteroatoms. The van der Waals surface area contributed by atoms with Crippen LogP contribution in [0.3, 0.4) is 0 Å². The van der Waals surface area contributed by atoms with Crippen LogP contribution in [-0.4, -0.2) is 29.1 Å². The van der Waals surface area contributed by atoms with Gasteiger partial charge in [0.05, 0.1) is 5.54 Å². The highest BCUT2D eigenvalue weighted by Crippen LogP contribution is 2.57. The summed E-state index contributed by atoms with van der Waals surface area (Å²) < 4.78 is 13.0. The van der Waals surface area contributed by atoms with E-state index < -0.39 is 5.60 Å². The molecule has 0 aromatic heterocycles. The molecule has 0 fully saturated rings. The minimum atomic E-state index is -1.21. The van der Waals surface area contributed by atoms with Gasteiger partial charge in [0, 0.05) is 57.1 Å². The highest BCUT2D eigenvalue weighted by molar-refractivity contribution is 7.80. The van der Waals surface area contributed by atoms with Crippen molar-refractivity contribution in [3.63, 3.8) is 0 Å². The van der Waals surface area contributed by atoms with Gasteiger partial charge in [0.1, 0.15) is 11.5 Å². The van der Waals surface area contributed by atoms with Crippen LogP contribution in [0.2, 0.25) is 0 Å². The molecule has 0 bridgehead atoms. The quantitative estimate of drug-likeness (QED) is 0.158. The molecule has 5 nitrogen and oxygen atoms in total. The monoisotopic (exact) mass is 576 g/mol. The molecule has 2 aromatic carbocycles. The van der Waals surface area contributed by atoms with Crippen molar-refractivity contribution in [2.45, 2.75) is 77.5 Å². The van der Waals surface area contributed by atoms with Crippen molar-refractivity contribution in [1.82, 2.24) is 0 Å². The van der Waals surface area contributed by atoms with E-state index in [-0.39, 0.29) is 17.0 Å². The lowest BCUT2D eigenvalue weighted by Gasteiger charge is -2.44. The maximum atomic E-state index is 12.4. The number of anilines is 2. The van der Waals surface area contributed by atoms with Crippen molar-refractivity contribution in [2.75, 3.05) is 22.1 Å². The fourth-order valence-corrected chi connectivity index (χ4v) is 7.25. The number of allylic oxidation sites excluding steroid dienone is 2. The predicted octanol–water partition coefficient (Wildman–Crippen LogP) is 8.25. The van der Waals surface area contributed by atoms with Gasteiger partial charge in [0.2, 0.25) is 0 Å². The van der Waals surface area contributed by atoms with Gasteiger partial charge < -0.3 is 20.1 Å². The number of ether oxygens (including phenoxy) is 2. The number of carbonyl (C=O) groups is 1. The molecule has 0 aliphatic carbocycles. The Morgan fingerprint density at radius 1 is 1.05 bits per heavy atom. The van der Waals surface area contributed by atoms with E-state index in [1.807, 2.05) is 25.1 Å². The normalized spacial score (nSPS) is 23.2. The Morgan fingerprint density at radius 3 is 2.33 bits per heavy atom. The standard InChI is InChI=1S/C33H40N2O3S2/c1-8-9-24(19(2)3)33(37-18-36)25-10-22-20(16-39)14-31(4,5)34-27(22)12-29(25)38-30-13-28-23(11-26(30)33)21(17-40)15-32(6,7)35-28/h8-14,18,21,34-35,39-40H,15-17H2,1-7H3/b9-8-. The molecule has 3 heterocycles. The predicted molar refractivity (Wildman–Crippen MR) is 173 cm³/mol. The molecule has 0 saturated carbocycles. The van der Waals surface area contributed by atoms with E-state index in [2.05, 4.69) is 89.1 Å². The second-order valence-corrected chi connectivity index (χ2v) is 13.2. The highest BCUT2D eigenvalue weighted by Gasteiger charge is 2.49. The van der Waals surface area contributed by atoms with E-state index in [4.69, 9.17) is 22.1 Å². The van der Waals surface area contributed by atoms with E-state index in [1.165, 1.54) is 0 Å². The summed E-state index contributed by atoms with van der Waals surface area (Å²) in [6.07, 6.45) is 7.19. The van der Waals surface area contributed by atoms with Crippen LogP contribution in [0.4, 0.5) is 11.4 Å². The van der Waals surface area contributed by atoms with Crippen molar-refractivity contribution in [1.29, 1.82) is 0 Å². The van der Waals surface area contributed by atoms with Crippen LogP contribution in [0, 0.1) is 0 Å². The third-order valence-electron chi connectivity index (χ3n) is 8.12. The van der Waals surface area contributed by atoms with Gasteiger partial charge >= 0.3 is 0 Å². The molecule has 0 radical (unpaired) electrons. The third-order valence-corrected chi connectivity index (χ3v) is 8.91. The summed E-state index contributed by atoms with van der Waals surface area (Å²) in [7, 11) is 0. The van der Waals surface area contributed by atoms with Crippen LogP contribution in [0.25, 0.3) is 5.57 Å². The first-order valence-electron chi connectivity index (χ1n) is 13.9. The van der Waals surface area contributed by atoms with E-state index in [0.717, 1.165) is 56.8 Å². The molecule has 2 aromatic rings. The van der Waals surface area contributed by atoms with Crippen molar-refractivity contribution in [3.8, 4) is 11.5 Å². The lowest BCUT2D eigenvalue weighted by molar-refractivity contribution is -0.138. The van der Waals surface area contributed by atoms with Crippen molar-refractivity contribution in [3.05, 3.63) is 75.9 Å². The first-order chi connectivity index (χ1) is 18.9. The fourth-order valence-electron chi connectivity index (χ4n) is 6.66. The lowest BCUT2D eigenvalue weighted by Crippen LogP contribution is -2.40. The Morgan fingerprint density at radius 2 is 1.73 bits per heavy atom. The molecular formula is C33H40N2O3S2. The molecule has 5 rings (SSSR count). The summed E-state index contributed by atoms with van der Waals surface area (Å²) in [4.78, 5) is 12.4. The average Bonchev–Trinajstić information content (AvgIpc) is 2.87. The Balaban J connectivity index is 1.88. The van der Waals surface area contributed by atoms with Crippen molar-refractivity contribution >= 4 is 48.7 Å². The summed E-state index contributed by atoms with van der Waals surface area (Å²) in [6.45, 7) is 15.4. The SMILES string of the molecule is C/C=C\C(=C(C)C)C1(OC=O)c2cc3c(cc2Oc2cc4c(cc21)C(CS)CC(C)(C)N4)NC(C)(C)C=C3CS. The largest absolute Gasteiger partial charge is 0.456 e. The van der Waals surface area contributed by atoms with Gasteiger partial charge in [-0.3, -0.25) is 4.79 Å². The first kappa shape index (κ1) is 28.7. The van der Waals surface area contributed by atoms with Crippen LogP contribution < -0.4 is 15.4 Å². The van der Waals surface area contributed by atoms with Crippen LogP contribution in [0.15, 0.2) is 53.6 Å². The maximum absolute atomic E-state index is 12.4. The Bertz CT molecular complexity index is 1470. The number of carbonyl (C=O) groups excluding carboxylic acids is 1. The van der Waals surface area contributed by atoms with Gasteiger partial charge in [-0.05, 0) is 89.8 Å². The Labute approximate surface area is 249 Å². The number of rotatable bonds is 6. The van der Waals surface area contributed by atoms with E-state index >= 15 is 0 Å². The molecule has 0 amide bonds. The molecule has 40 heavy (non-hydrogen) atoms. The molecule has 3 aliphatic rings. The smallest absolute Gasteiger partial charge is 0.294 e. The number of thiol groups is 2. The number of nitrogens with one attached hydrogen (secondary N) is 2. The van der Waals surface area contributed by atoms with Gasteiger partial charge in [-0.15, -0.1) is 0 Å². The molecule has 0 saturated heterocycles. The topological polar surface area (TPSA) is 59.6 Å². The summed E-state index contributed by atoms with van der Waals surface area (Å²) >= 11 is 9.40. The highest BCUT2D eigenvalue weighted by atomic mass is 32.1. The number of hydrogen-bond acceptors (Lipinski definition) is 7. The van der Waals surface area contributed by atoms with E-state index in [0.29, 0.717) is 29.5 Å². The Kier molecular flexibility index (Phi) is 7.37. The number of benzene rings is 2. The molecular weight excluding hydrogens is 537 g/mol. The second kappa shape index (κ2) is 10.3. The van der Waals surface area contributed by atoms with Crippen molar-refractivity contribution < 1.29 is 14.3 Å². The lowest BCUT2D eigenvalue weighted by atomic mass is 9.72. The summed E-state index contributed by atoms with van der Waals surface area (Å²) in [5.74, 6) is 2.85. The van der Waals surface area contributed by atoms with Gasteiger partial charge in [-0.2, -0.15) is 25.3 Å².